The Morgan fingerprint density at radius 3 is 3.05 bits per heavy atom. The minimum atomic E-state index is -0.370. The Hall–Kier alpha value is -2.01. The van der Waals surface area contributed by atoms with E-state index < -0.39 is 0 Å². The first-order valence-electron chi connectivity index (χ1n) is 6.72. The normalized spacial score (nSPS) is 11.5. The van der Waals surface area contributed by atoms with Crippen molar-refractivity contribution in [3.63, 3.8) is 0 Å². The van der Waals surface area contributed by atoms with E-state index in [0.29, 0.717) is 37.4 Å². The molecule has 0 spiro atoms. The van der Waals surface area contributed by atoms with Crippen molar-refractivity contribution in [1.82, 2.24) is 5.32 Å². The van der Waals surface area contributed by atoms with Gasteiger partial charge in [0.25, 0.3) is 0 Å². The molecular formula is C15H22N2O3. The number of aliphatic hydroxyl groups excluding tert-OH is 1. The van der Waals surface area contributed by atoms with Gasteiger partial charge in [-0.25, -0.2) is 4.79 Å². The van der Waals surface area contributed by atoms with E-state index in [1.165, 1.54) is 0 Å². The van der Waals surface area contributed by atoms with Gasteiger partial charge in [-0.05, 0) is 25.0 Å². The van der Waals surface area contributed by atoms with Gasteiger partial charge in [0.05, 0.1) is 6.10 Å². The molecule has 0 aliphatic heterocycles. The number of carbonyl (C=O) groups excluding carboxylic acids is 1. The maximum absolute atomic E-state index is 11.6. The van der Waals surface area contributed by atoms with E-state index in [-0.39, 0.29) is 12.1 Å². The van der Waals surface area contributed by atoms with Crippen molar-refractivity contribution in [3.05, 3.63) is 36.9 Å². The number of anilines is 1. The molecule has 0 aliphatic rings. The summed E-state index contributed by atoms with van der Waals surface area (Å²) in [6.07, 6.45) is 2.52. The monoisotopic (exact) mass is 278 g/mol. The Kier molecular flexibility index (Phi) is 7.21. The highest BCUT2D eigenvalue weighted by Gasteiger charge is 2.04. The number of hydrogen-bond acceptors (Lipinski definition) is 3. The van der Waals surface area contributed by atoms with E-state index in [9.17, 15) is 9.90 Å². The summed E-state index contributed by atoms with van der Waals surface area (Å²) in [5.41, 5.74) is 0.653. The summed E-state index contributed by atoms with van der Waals surface area (Å²) in [7, 11) is 0. The van der Waals surface area contributed by atoms with Crippen LogP contribution in [0.3, 0.4) is 0 Å². The van der Waals surface area contributed by atoms with Crippen molar-refractivity contribution in [2.24, 2.45) is 0 Å². The van der Waals surface area contributed by atoms with Crippen LogP contribution in [0.1, 0.15) is 19.8 Å². The summed E-state index contributed by atoms with van der Waals surface area (Å²) in [5, 5.41) is 14.8. The predicted octanol–water partition coefficient (Wildman–Crippen LogP) is 2.53. The Bertz CT molecular complexity index is 435. The molecule has 5 heteroatoms. The first kappa shape index (κ1) is 16.0. The lowest BCUT2D eigenvalue weighted by molar-refractivity contribution is 0.160. The molecule has 1 unspecified atom stereocenters. The van der Waals surface area contributed by atoms with Crippen LogP contribution in [-0.2, 0) is 0 Å². The molecule has 0 saturated heterocycles. The SMILES string of the molecule is C=CCOc1cccc(NC(=O)NCCC(O)CC)c1. The molecule has 5 nitrogen and oxygen atoms in total. The van der Waals surface area contributed by atoms with Crippen molar-refractivity contribution in [3.8, 4) is 5.75 Å². The van der Waals surface area contributed by atoms with Gasteiger partial charge in [0, 0.05) is 18.3 Å². The lowest BCUT2D eigenvalue weighted by Gasteiger charge is -2.11. The number of benzene rings is 1. The van der Waals surface area contributed by atoms with Crippen LogP contribution in [0.25, 0.3) is 0 Å². The molecule has 2 amide bonds. The molecule has 20 heavy (non-hydrogen) atoms. The Morgan fingerprint density at radius 1 is 1.55 bits per heavy atom. The van der Waals surface area contributed by atoms with Crippen LogP contribution in [0, 0.1) is 0 Å². The third-order valence-electron chi connectivity index (χ3n) is 2.69. The van der Waals surface area contributed by atoms with Crippen LogP contribution in [0.2, 0.25) is 0 Å². The molecule has 1 aromatic carbocycles. The number of carbonyl (C=O) groups is 1. The first-order chi connectivity index (χ1) is 9.65. The molecule has 0 heterocycles. The molecule has 0 bridgehead atoms. The summed E-state index contributed by atoms with van der Waals surface area (Å²) in [5.74, 6) is 0.670. The summed E-state index contributed by atoms with van der Waals surface area (Å²) in [6.45, 7) is 6.34. The summed E-state index contributed by atoms with van der Waals surface area (Å²) >= 11 is 0. The van der Waals surface area contributed by atoms with Crippen LogP contribution in [0.5, 0.6) is 5.75 Å². The number of nitrogens with one attached hydrogen (secondary N) is 2. The number of amides is 2. The van der Waals surface area contributed by atoms with E-state index in [1.54, 1.807) is 24.3 Å². The van der Waals surface area contributed by atoms with Gasteiger partial charge in [-0.1, -0.05) is 25.6 Å². The summed E-state index contributed by atoms with van der Waals surface area (Å²) in [6, 6.07) is 6.83. The van der Waals surface area contributed by atoms with Gasteiger partial charge >= 0.3 is 6.03 Å². The van der Waals surface area contributed by atoms with Gasteiger partial charge in [-0.3, -0.25) is 0 Å². The predicted molar refractivity (Wildman–Crippen MR) is 80.1 cm³/mol. The van der Waals surface area contributed by atoms with Gasteiger partial charge in [0.2, 0.25) is 0 Å². The zero-order chi connectivity index (χ0) is 14.8. The second-order valence-corrected chi connectivity index (χ2v) is 4.36. The highest BCUT2D eigenvalue weighted by atomic mass is 16.5. The highest BCUT2D eigenvalue weighted by molar-refractivity contribution is 5.89. The third-order valence-corrected chi connectivity index (χ3v) is 2.69. The zero-order valence-corrected chi connectivity index (χ0v) is 11.8. The van der Waals surface area contributed by atoms with Crippen molar-refractivity contribution in [2.75, 3.05) is 18.5 Å². The molecule has 3 N–H and O–H groups in total. The van der Waals surface area contributed by atoms with E-state index in [4.69, 9.17) is 4.74 Å². The quantitative estimate of drug-likeness (QED) is 0.640. The van der Waals surface area contributed by atoms with Crippen LogP contribution in [-0.4, -0.2) is 30.4 Å². The fourth-order valence-corrected chi connectivity index (χ4v) is 1.55. The number of urea groups is 1. The third kappa shape index (κ3) is 6.24. The average molecular weight is 278 g/mol. The van der Waals surface area contributed by atoms with E-state index >= 15 is 0 Å². The molecular weight excluding hydrogens is 256 g/mol. The van der Waals surface area contributed by atoms with Gasteiger partial charge < -0.3 is 20.5 Å². The zero-order valence-electron chi connectivity index (χ0n) is 11.8. The average Bonchev–Trinajstić information content (AvgIpc) is 2.45. The van der Waals surface area contributed by atoms with E-state index in [1.807, 2.05) is 13.0 Å². The molecule has 1 aromatic rings. The summed E-state index contributed by atoms with van der Waals surface area (Å²) in [4.78, 5) is 11.6. The van der Waals surface area contributed by atoms with Gasteiger partial charge in [0.1, 0.15) is 12.4 Å². The molecule has 0 aliphatic carbocycles. The number of ether oxygens (including phenoxy) is 1. The number of hydrogen-bond donors (Lipinski definition) is 3. The molecule has 0 fully saturated rings. The lowest BCUT2D eigenvalue weighted by Crippen LogP contribution is -2.31. The van der Waals surface area contributed by atoms with Crippen LogP contribution in [0.4, 0.5) is 10.5 Å². The smallest absolute Gasteiger partial charge is 0.319 e. The van der Waals surface area contributed by atoms with Gasteiger partial charge in [-0.2, -0.15) is 0 Å². The van der Waals surface area contributed by atoms with Crippen LogP contribution >= 0.6 is 0 Å². The Balaban J connectivity index is 2.39. The number of aliphatic hydroxyl groups is 1. The van der Waals surface area contributed by atoms with Gasteiger partial charge in [0.15, 0.2) is 0 Å². The van der Waals surface area contributed by atoms with Crippen LogP contribution in [0.15, 0.2) is 36.9 Å². The highest BCUT2D eigenvalue weighted by Crippen LogP contribution is 2.17. The maximum Gasteiger partial charge on any atom is 0.319 e. The lowest BCUT2D eigenvalue weighted by atomic mass is 10.2. The molecule has 1 atom stereocenters. The maximum atomic E-state index is 11.6. The van der Waals surface area contributed by atoms with E-state index in [2.05, 4.69) is 17.2 Å². The van der Waals surface area contributed by atoms with Crippen molar-refractivity contribution >= 4 is 11.7 Å². The Labute approximate surface area is 119 Å². The molecule has 110 valence electrons. The van der Waals surface area contributed by atoms with Crippen molar-refractivity contribution in [1.29, 1.82) is 0 Å². The fraction of sp³-hybridized carbons (Fsp3) is 0.400. The van der Waals surface area contributed by atoms with Gasteiger partial charge in [-0.15, -0.1) is 0 Å². The number of rotatable bonds is 8. The Morgan fingerprint density at radius 2 is 2.35 bits per heavy atom. The second-order valence-electron chi connectivity index (χ2n) is 4.36. The van der Waals surface area contributed by atoms with E-state index in [0.717, 1.165) is 0 Å². The van der Waals surface area contributed by atoms with Crippen LogP contribution < -0.4 is 15.4 Å². The van der Waals surface area contributed by atoms with Crippen molar-refractivity contribution in [2.45, 2.75) is 25.9 Å². The van der Waals surface area contributed by atoms with Crippen molar-refractivity contribution < 1.29 is 14.6 Å². The second kappa shape index (κ2) is 8.98. The molecule has 0 saturated carbocycles. The topological polar surface area (TPSA) is 70.6 Å². The standard InChI is InChI=1S/C15H22N2O3/c1-3-10-20-14-7-5-6-12(11-14)17-15(19)16-9-8-13(18)4-2/h3,5-7,11,13,18H,1,4,8-10H2,2H3,(H2,16,17,19). The summed E-state index contributed by atoms with van der Waals surface area (Å²) < 4.78 is 5.38. The molecule has 0 aromatic heterocycles. The molecule has 0 radical (unpaired) electrons. The largest absolute Gasteiger partial charge is 0.489 e. The minimum Gasteiger partial charge on any atom is -0.489 e. The first-order valence-corrected chi connectivity index (χ1v) is 6.72. The fourth-order valence-electron chi connectivity index (χ4n) is 1.55. The minimum absolute atomic E-state index is 0.297. The molecule has 1 rings (SSSR count).